The second kappa shape index (κ2) is 6.77. The van der Waals surface area contributed by atoms with Gasteiger partial charge in [-0.1, -0.05) is 41.5 Å². The number of ether oxygens (including phenoxy) is 1. The van der Waals surface area contributed by atoms with Crippen molar-refractivity contribution in [3.63, 3.8) is 0 Å². The Balaban J connectivity index is 2.03. The van der Waals surface area contributed by atoms with E-state index < -0.39 is 8.32 Å². The molecule has 0 aliphatic carbocycles. The van der Waals surface area contributed by atoms with Crippen LogP contribution in [-0.4, -0.2) is 33.4 Å². The summed E-state index contributed by atoms with van der Waals surface area (Å²) in [6.07, 6.45) is 6.28. The average molecular weight is 329 g/mol. The second-order valence-corrected chi connectivity index (χ2v) is 13.8. The maximum Gasteiger partial charge on any atom is 0.200 e. The Kier molecular flexibility index (Phi) is 5.67. The van der Waals surface area contributed by atoms with Crippen molar-refractivity contribution in [1.29, 1.82) is 0 Å². The fraction of sp³-hybridized carbons (Fsp3) is 0.882. The molecule has 2 bridgehead atoms. The maximum atomic E-state index is 6.74. The van der Waals surface area contributed by atoms with E-state index >= 15 is 0 Å². The zero-order chi connectivity index (χ0) is 15.8. The predicted molar refractivity (Wildman–Crippen MR) is 95.4 cm³/mol. The van der Waals surface area contributed by atoms with Crippen molar-refractivity contribution in [2.24, 2.45) is 5.92 Å². The van der Waals surface area contributed by atoms with Gasteiger partial charge in [0.15, 0.2) is 8.32 Å². The minimum atomic E-state index is -1.73. The molecule has 2 rings (SSSR count). The molecule has 2 heterocycles. The standard InChI is InChI=1S/C17H32O2SSi/c1-11(2)21(12(3)4,13(5)6)18-10-14-8-16-17(20-7)9-15(14)19-16/h9,11-16H,8,10H2,1-7H3/t14-,15+,16+/m1/s1. The van der Waals surface area contributed by atoms with Crippen molar-refractivity contribution < 1.29 is 9.16 Å². The Bertz CT molecular complexity index is 370. The summed E-state index contributed by atoms with van der Waals surface area (Å²) in [4.78, 5) is 1.43. The lowest BCUT2D eigenvalue weighted by atomic mass is 9.95. The third-order valence-electron chi connectivity index (χ3n) is 5.44. The Hall–Kier alpha value is 0.227. The number of thioether (sulfide) groups is 1. The molecule has 0 unspecified atom stereocenters. The first-order valence-corrected chi connectivity index (χ1v) is 11.7. The molecule has 0 saturated carbocycles. The lowest BCUT2D eigenvalue weighted by Gasteiger charge is -2.43. The molecular formula is C17H32O2SSi. The Labute approximate surface area is 136 Å². The van der Waals surface area contributed by atoms with Crippen molar-refractivity contribution in [2.75, 3.05) is 12.9 Å². The monoisotopic (exact) mass is 328 g/mol. The van der Waals surface area contributed by atoms with Gasteiger partial charge in [-0.3, -0.25) is 0 Å². The fourth-order valence-electron chi connectivity index (χ4n) is 4.51. The van der Waals surface area contributed by atoms with E-state index in [1.54, 1.807) is 0 Å². The molecule has 3 atom stereocenters. The molecule has 1 fully saturated rings. The average Bonchev–Trinajstić information content (AvgIpc) is 2.97. The van der Waals surface area contributed by atoms with Crippen LogP contribution < -0.4 is 0 Å². The van der Waals surface area contributed by atoms with Gasteiger partial charge in [-0.15, -0.1) is 11.8 Å². The number of rotatable bonds is 7. The highest BCUT2D eigenvalue weighted by Crippen LogP contribution is 2.45. The van der Waals surface area contributed by atoms with Crippen LogP contribution in [0.5, 0.6) is 0 Å². The molecule has 122 valence electrons. The number of fused-ring (bicyclic) bond motifs is 2. The highest BCUT2D eigenvalue weighted by atomic mass is 32.2. The van der Waals surface area contributed by atoms with E-state index in [-0.39, 0.29) is 0 Å². The van der Waals surface area contributed by atoms with Crippen LogP contribution in [-0.2, 0) is 9.16 Å². The largest absolute Gasteiger partial charge is 0.416 e. The van der Waals surface area contributed by atoms with Gasteiger partial charge in [0.25, 0.3) is 0 Å². The van der Waals surface area contributed by atoms with Crippen LogP contribution >= 0.6 is 11.8 Å². The van der Waals surface area contributed by atoms with Crippen LogP contribution in [0, 0.1) is 5.92 Å². The normalized spacial score (nSPS) is 29.0. The maximum absolute atomic E-state index is 6.74. The molecule has 0 N–H and O–H groups in total. The summed E-state index contributed by atoms with van der Waals surface area (Å²) in [7, 11) is -1.73. The number of hydrogen-bond acceptors (Lipinski definition) is 3. The SMILES string of the molecule is CSC1=C[C@@H]2O[C@H]1C[C@@H]2CO[Si](C(C)C)(C(C)C)C(C)C. The first-order chi connectivity index (χ1) is 9.82. The minimum absolute atomic E-state index is 0.302. The first kappa shape index (κ1) is 17.6. The van der Waals surface area contributed by atoms with Crippen LogP contribution in [0.3, 0.4) is 0 Å². The Morgan fingerprint density at radius 1 is 1.19 bits per heavy atom. The first-order valence-electron chi connectivity index (χ1n) is 8.38. The quantitative estimate of drug-likeness (QED) is 0.597. The van der Waals surface area contributed by atoms with E-state index in [1.165, 1.54) is 4.91 Å². The van der Waals surface area contributed by atoms with Crippen molar-refractivity contribution in [2.45, 2.75) is 76.8 Å². The molecule has 2 nitrogen and oxygen atoms in total. The lowest BCUT2D eigenvalue weighted by molar-refractivity contribution is 0.0947. The molecule has 21 heavy (non-hydrogen) atoms. The van der Waals surface area contributed by atoms with Crippen molar-refractivity contribution in [1.82, 2.24) is 0 Å². The van der Waals surface area contributed by atoms with Gasteiger partial charge in [-0.25, -0.2) is 0 Å². The fourth-order valence-corrected chi connectivity index (χ4v) is 10.7. The van der Waals surface area contributed by atoms with E-state index in [0.717, 1.165) is 13.0 Å². The highest BCUT2D eigenvalue weighted by Gasteiger charge is 2.47. The van der Waals surface area contributed by atoms with Gasteiger partial charge in [-0.2, -0.15) is 0 Å². The molecule has 2 aliphatic heterocycles. The number of hydrogen-bond donors (Lipinski definition) is 0. The summed E-state index contributed by atoms with van der Waals surface area (Å²) < 4.78 is 12.8. The summed E-state index contributed by atoms with van der Waals surface area (Å²) in [6, 6.07) is 0. The molecule has 0 radical (unpaired) electrons. The van der Waals surface area contributed by atoms with Crippen LogP contribution in [0.4, 0.5) is 0 Å². The van der Waals surface area contributed by atoms with Crippen molar-refractivity contribution in [3.8, 4) is 0 Å². The van der Waals surface area contributed by atoms with E-state index in [1.807, 2.05) is 11.8 Å². The van der Waals surface area contributed by atoms with Gasteiger partial charge in [0, 0.05) is 17.4 Å². The topological polar surface area (TPSA) is 18.5 Å². The molecule has 0 amide bonds. The van der Waals surface area contributed by atoms with E-state index in [9.17, 15) is 0 Å². The van der Waals surface area contributed by atoms with E-state index in [0.29, 0.717) is 34.7 Å². The van der Waals surface area contributed by atoms with Crippen LogP contribution in [0.1, 0.15) is 48.0 Å². The molecule has 4 heteroatoms. The smallest absolute Gasteiger partial charge is 0.200 e. The third kappa shape index (κ3) is 3.14. The molecule has 0 aromatic rings. The molecule has 0 spiro atoms. The van der Waals surface area contributed by atoms with Gasteiger partial charge in [0.05, 0.1) is 12.2 Å². The van der Waals surface area contributed by atoms with Gasteiger partial charge in [-0.05, 0) is 35.4 Å². The molecule has 0 aromatic heterocycles. The lowest BCUT2D eigenvalue weighted by Crippen LogP contribution is -2.49. The van der Waals surface area contributed by atoms with Gasteiger partial charge in [0.1, 0.15) is 0 Å². The summed E-state index contributed by atoms with van der Waals surface area (Å²) >= 11 is 1.84. The van der Waals surface area contributed by atoms with Crippen LogP contribution in [0.25, 0.3) is 0 Å². The molecule has 2 aliphatic rings. The molecule has 0 aromatic carbocycles. The van der Waals surface area contributed by atoms with Gasteiger partial charge < -0.3 is 9.16 Å². The van der Waals surface area contributed by atoms with E-state index in [2.05, 4.69) is 53.9 Å². The third-order valence-corrected chi connectivity index (χ3v) is 12.4. The van der Waals surface area contributed by atoms with Gasteiger partial charge in [0.2, 0.25) is 0 Å². The zero-order valence-electron chi connectivity index (χ0n) is 14.7. The zero-order valence-corrected chi connectivity index (χ0v) is 16.5. The van der Waals surface area contributed by atoms with Gasteiger partial charge >= 0.3 is 0 Å². The summed E-state index contributed by atoms with van der Waals surface area (Å²) in [6.45, 7) is 15.0. The van der Waals surface area contributed by atoms with Crippen molar-refractivity contribution in [3.05, 3.63) is 11.0 Å². The Morgan fingerprint density at radius 2 is 1.76 bits per heavy atom. The second-order valence-electron chi connectivity index (χ2n) is 7.49. The molecular weight excluding hydrogens is 296 g/mol. The Morgan fingerprint density at radius 3 is 2.14 bits per heavy atom. The highest BCUT2D eigenvalue weighted by molar-refractivity contribution is 8.02. The van der Waals surface area contributed by atoms with E-state index in [4.69, 9.17) is 9.16 Å². The summed E-state index contributed by atoms with van der Waals surface area (Å²) in [5, 5.41) is 0. The summed E-state index contributed by atoms with van der Waals surface area (Å²) in [5.41, 5.74) is 1.98. The predicted octanol–water partition coefficient (Wildman–Crippen LogP) is 5.21. The minimum Gasteiger partial charge on any atom is -0.416 e. The van der Waals surface area contributed by atoms with Crippen LogP contribution in [0.15, 0.2) is 11.0 Å². The van der Waals surface area contributed by atoms with Crippen molar-refractivity contribution >= 4 is 20.1 Å². The molecule has 1 saturated heterocycles. The van der Waals surface area contributed by atoms with Crippen LogP contribution in [0.2, 0.25) is 16.6 Å². The summed E-state index contributed by atoms with van der Waals surface area (Å²) in [5.74, 6) is 0.564.